The SMILES string of the molecule is C#CCCc1cc(-c2cc(CCC#C)c(O)c3ccccc23)c2ccccc2c1O. The van der Waals surface area contributed by atoms with Crippen molar-refractivity contribution in [1.29, 1.82) is 0 Å². The molecule has 4 rings (SSSR count). The van der Waals surface area contributed by atoms with Gasteiger partial charge in [0.15, 0.2) is 0 Å². The molecule has 0 fully saturated rings. The van der Waals surface area contributed by atoms with Gasteiger partial charge in [0.1, 0.15) is 11.5 Å². The summed E-state index contributed by atoms with van der Waals surface area (Å²) in [6.07, 6.45) is 13.2. The first-order chi connectivity index (χ1) is 14.7. The maximum Gasteiger partial charge on any atom is 0.126 e. The van der Waals surface area contributed by atoms with Gasteiger partial charge in [-0.05, 0) is 58.0 Å². The van der Waals surface area contributed by atoms with Crippen molar-refractivity contribution in [2.24, 2.45) is 0 Å². The van der Waals surface area contributed by atoms with Crippen LogP contribution in [0.25, 0.3) is 32.7 Å². The Labute approximate surface area is 176 Å². The minimum atomic E-state index is 0.278. The molecule has 0 unspecified atom stereocenters. The number of benzene rings is 4. The summed E-state index contributed by atoms with van der Waals surface area (Å²) >= 11 is 0. The van der Waals surface area contributed by atoms with Crippen molar-refractivity contribution < 1.29 is 10.2 Å². The molecule has 2 nitrogen and oxygen atoms in total. The molecule has 0 amide bonds. The molecule has 2 heteroatoms. The summed E-state index contributed by atoms with van der Waals surface area (Å²) < 4.78 is 0. The molecule has 0 bridgehead atoms. The third-order valence-electron chi connectivity index (χ3n) is 5.56. The Kier molecular flexibility index (Phi) is 5.34. The minimum absolute atomic E-state index is 0.278. The summed E-state index contributed by atoms with van der Waals surface area (Å²) in [6.45, 7) is 0. The van der Waals surface area contributed by atoms with Crippen LogP contribution in [0.15, 0.2) is 60.7 Å². The normalized spacial score (nSPS) is 10.7. The molecule has 0 aromatic heterocycles. The zero-order valence-electron chi connectivity index (χ0n) is 16.7. The molecule has 0 atom stereocenters. The summed E-state index contributed by atoms with van der Waals surface area (Å²) in [4.78, 5) is 0. The third-order valence-corrected chi connectivity index (χ3v) is 5.56. The minimum Gasteiger partial charge on any atom is -0.507 e. The van der Waals surface area contributed by atoms with Gasteiger partial charge in [-0.15, -0.1) is 24.7 Å². The van der Waals surface area contributed by atoms with E-state index in [0.717, 1.165) is 43.8 Å². The topological polar surface area (TPSA) is 40.5 Å². The average molecular weight is 390 g/mol. The highest BCUT2D eigenvalue weighted by Crippen LogP contribution is 2.43. The number of hydrogen-bond donors (Lipinski definition) is 2. The van der Waals surface area contributed by atoms with Gasteiger partial charge in [0.25, 0.3) is 0 Å². The molecule has 0 spiro atoms. The van der Waals surface area contributed by atoms with Crippen LogP contribution in [0.2, 0.25) is 0 Å². The Morgan fingerprint density at radius 2 is 0.967 bits per heavy atom. The Morgan fingerprint density at radius 3 is 1.33 bits per heavy atom. The second kappa shape index (κ2) is 8.24. The van der Waals surface area contributed by atoms with Gasteiger partial charge < -0.3 is 10.2 Å². The van der Waals surface area contributed by atoms with Crippen LogP contribution in [0.1, 0.15) is 24.0 Å². The predicted molar refractivity (Wildman–Crippen MR) is 125 cm³/mol. The summed E-state index contributed by atoms with van der Waals surface area (Å²) in [5.41, 5.74) is 3.66. The van der Waals surface area contributed by atoms with E-state index in [1.165, 1.54) is 0 Å². The molecule has 4 aromatic rings. The van der Waals surface area contributed by atoms with Gasteiger partial charge in [0.2, 0.25) is 0 Å². The summed E-state index contributed by atoms with van der Waals surface area (Å²) in [6, 6.07) is 19.7. The number of phenolic OH excluding ortho intramolecular Hbond substituents is 2. The number of aromatic hydroxyl groups is 2. The summed E-state index contributed by atoms with van der Waals surface area (Å²) in [7, 11) is 0. The lowest BCUT2D eigenvalue weighted by atomic mass is 9.88. The van der Waals surface area contributed by atoms with Gasteiger partial charge in [-0.2, -0.15) is 0 Å². The molecule has 146 valence electrons. The van der Waals surface area contributed by atoms with Crippen LogP contribution in [0, 0.1) is 24.7 Å². The van der Waals surface area contributed by atoms with E-state index < -0.39 is 0 Å². The van der Waals surface area contributed by atoms with Crippen molar-refractivity contribution in [3.63, 3.8) is 0 Å². The second-order valence-electron chi connectivity index (χ2n) is 7.36. The van der Waals surface area contributed by atoms with Crippen LogP contribution in [-0.2, 0) is 12.8 Å². The molecule has 0 saturated heterocycles. The molecular formula is C28H22O2. The lowest BCUT2D eigenvalue weighted by Gasteiger charge is -2.17. The molecule has 0 heterocycles. The Hall–Kier alpha value is -3.88. The highest BCUT2D eigenvalue weighted by atomic mass is 16.3. The molecular weight excluding hydrogens is 368 g/mol. The van der Waals surface area contributed by atoms with Gasteiger partial charge in [-0.1, -0.05) is 48.5 Å². The molecule has 2 N–H and O–H groups in total. The predicted octanol–water partition coefficient (Wildman–Crippen LogP) is 6.20. The lowest BCUT2D eigenvalue weighted by Crippen LogP contribution is -1.94. The molecule has 0 saturated carbocycles. The van der Waals surface area contributed by atoms with E-state index in [-0.39, 0.29) is 11.5 Å². The molecule has 4 aromatic carbocycles. The van der Waals surface area contributed by atoms with Crippen LogP contribution in [0.5, 0.6) is 11.5 Å². The van der Waals surface area contributed by atoms with Crippen molar-refractivity contribution in [3.05, 3.63) is 71.8 Å². The number of rotatable bonds is 5. The monoisotopic (exact) mass is 390 g/mol. The number of hydrogen-bond acceptors (Lipinski definition) is 2. The van der Waals surface area contributed by atoms with Crippen molar-refractivity contribution in [2.45, 2.75) is 25.7 Å². The number of terminal acetylenes is 2. The highest BCUT2D eigenvalue weighted by Gasteiger charge is 2.17. The van der Waals surface area contributed by atoms with E-state index in [2.05, 4.69) is 11.8 Å². The van der Waals surface area contributed by atoms with Gasteiger partial charge >= 0.3 is 0 Å². The number of aryl methyl sites for hydroxylation is 2. The van der Waals surface area contributed by atoms with Crippen molar-refractivity contribution in [3.8, 4) is 47.3 Å². The molecule has 0 radical (unpaired) electrons. The first kappa shape index (κ1) is 19.4. The van der Waals surface area contributed by atoms with Gasteiger partial charge in [0, 0.05) is 23.6 Å². The van der Waals surface area contributed by atoms with E-state index in [0.29, 0.717) is 25.7 Å². The summed E-state index contributed by atoms with van der Waals surface area (Å²) in [5, 5.41) is 25.2. The van der Waals surface area contributed by atoms with Crippen molar-refractivity contribution in [1.82, 2.24) is 0 Å². The smallest absolute Gasteiger partial charge is 0.126 e. The Bertz CT molecular complexity index is 1230. The largest absolute Gasteiger partial charge is 0.507 e. The Balaban J connectivity index is 2.07. The van der Waals surface area contributed by atoms with Gasteiger partial charge in [0.05, 0.1) is 0 Å². The zero-order valence-corrected chi connectivity index (χ0v) is 16.7. The quantitative estimate of drug-likeness (QED) is 0.398. The van der Waals surface area contributed by atoms with Crippen LogP contribution in [-0.4, -0.2) is 10.2 Å². The van der Waals surface area contributed by atoms with E-state index in [1.807, 2.05) is 60.7 Å². The lowest BCUT2D eigenvalue weighted by molar-refractivity contribution is 0.474. The summed E-state index contributed by atoms with van der Waals surface area (Å²) in [5.74, 6) is 5.87. The zero-order chi connectivity index (χ0) is 21.1. The average Bonchev–Trinajstić information content (AvgIpc) is 2.79. The van der Waals surface area contributed by atoms with Crippen LogP contribution in [0.3, 0.4) is 0 Å². The molecule has 0 aliphatic carbocycles. The van der Waals surface area contributed by atoms with Crippen molar-refractivity contribution in [2.75, 3.05) is 0 Å². The molecule has 0 aliphatic rings. The van der Waals surface area contributed by atoms with E-state index in [9.17, 15) is 10.2 Å². The Morgan fingerprint density at radius 1 is 0.600 bits per heavy atom. The van der Waals surface area contributed by atoms with Crippen LogP contribution >= 0.6 is 0 Å². The van der Waals surface area contributed by atoms with E-state index in [4.69, 9.17) is 12.8 Å². The fourth-order valence-corrected chi connectivity index (χ4v) is 4.08. The molecule has 0 aliphatic heterocycles. The first-order valence-electron chi connectivity index (χ1n) is 10.00. The maximum absolute atomic E-state index is 10.8. The number of phenols is 2. The van der Waals surface area contributed by atoms with Gasteiger partial charge in [-0.25, -0.2) is 0 Å². The molecule has 30 heavy (non-hydrogen) atoms. The van der Waals surface area contributed by atoms with E-state index >= 15 is 0 Å². The maximum atomic E-state index is 10.8. The number of fused-ring (bicyclic) bond motifs is 2. The first-order valence-corrected chi connectivity index (χ1v) is 10.00. The van der Waals surface area contributed by atoms with Crippen LogP contribution in [0.4, 0.5) is 0 Å². The fraction of sp³-hybridized carbons (Fsp3) is 0.143. The van der Waals surface area contributed by atoms with E-state index in [1.54, 1.807) is 0 Å². The van der Waals surface area contributed by atoms with Gasteiger partial charge in [-0.3, -0.25) is 0 Å². The standard InChI is InChI=1S/C28H22O2/c1-3-5-11-19-17-25(21-13-7-9-15-23(21)27(19)29)26-18-20(12-6-4-2)28(30)24-16-10-8-14-22(24)26/h1-2,7-10,13-18,29-30H,5-6,11-12H2. The van der Waals surface area contributed by atoms with Crippen LogP contribution < -0.4 is 0 Å². The fourth-order valence-electron chi connectivity index (χ4n) is 4.08. The van der Waals surface area contributed by atoms with Crippen molar-refractivity contribution >= 4 is 21.5 Å². The third kappa shape index (κ3) is 3.34. The second-order valence-corrected chi connectivity index (χ2v) is 7.36. The highest BCUT2D eigenvalue weighted by molar-refractivity contribution is 6.09.